The number of para-hydroxylation sites is 1. The molecule has 0 spiro atoms. The van der Waals surface area contributed by atoms with Crippen molar-refractivity contribution in [2.24, 2.45) is 0 Å². The van der Waals surface area contributed by atoms with Crippen molar-refractivity contribution in [2.45, 2.75) is 16.3 Å². The lowest BCUT2D eigenvalue weighted by Crippen LogP contribution is -2.37. The number of rotatable bonds is 4. The lowest BCUT2D eigenvalue weighted by Gasteiger charge is -2.16. The highest BCUT2D eigenvalue weighted by molar-refractivity contribution is 8.03. The summed E-state index contributed by atoms with van der Waals surface area (Å²) in [7, 11) is 1.26. The van der Waals surface area contributed by atoms with Crippen molar-refractivity contribution < 1.29 is 14.0 Å². The van der Waals surface area contributed by atoms with Crippen molar-refractivity contribution in [1.82, 2.24) is 10.5 Å². The fourth-order valence-corrected chi connectivity index (χ4v) is 3.50. The second-order valence-corrected chi connectivity index (χ2v) is 6.25. The van der Waals surface area contributed by atoms with E-state index in [4.69, 9.17) is 0 Å². The van der Waals surface area contributed by atoms with Crippen LogP contribution in [0, 0.1) is 0 Å². The number of aromatic nitrogens is 1. The first kappa shape index (κ1) is 13.3. The molecule has 96 valence electrons. The van der Waals surface area contributed by atoms with E-state index in [1.165, 1.54) is 25.4 Å². The summed E-state index contributed by atoms with van der Waals surface area (Å²) in [4.78, 5) is 20.1. The summed E-state index contributed by atoms with van der Waals surface area (Å²) >= 11 is 2.12. The van der Waals surface area contributed by atoms with Crippen molar-refractivity contribution in [2.75, 3.05) is 7.11 Å². The van der Waals surface area contributed by atoms with Crippen LogP contribution in [0.1, 0.15) is 6.92 Å². The summed E-state index contributed by atoms with van der Waals surface area (Å²) in [5, 5.41) is -2.12. The van der Waals surface area contributed by atoms with Crippen molar-refractivity contribution in [1.29, 1.82) is 0 Å². The predicted molar refractivity (Wildman–Crippen MR) is 70.1 cm³/mol. The number of nitrogens with zero attached hydrogens (tertiary/aromatic N) is 1. The molecule has 1 unspecified atom stereocenters. The molecule has 2 aromatic rings. The maximum Gasteiger partial charge on any atom is 0.291 e. The molecule has 0 aliphatic rings. The second-order valence-electron chi connectivity index (χ2n) is 3.60. The van der Waals surface area contributed by atoms with Gasteiger partial charge in [0.2, 0.25) is 5.00 Å². The van der Waals surface area contributed by atoms with Crippen molar-refractivity contribution in [3.8, 4) is 0 Å². The SMILES string of the molecule is CONC(=O)C(C)(F)Sc1nc2ccccc2s1. The minimum atomic E-state index is -2.12. The summed E-state index contributed by atoms with van der Waals surface area (Å²) in [5.74, 6) is -0.839. The van der Waals surface area contributed by atoms with Gasteiger partial charge in [-0.1, -0.05) is 12.1 Å². The number of alkyl halides is 1. The zero-order valence-corrected chi connectivity index (χ0v) is 11.4. The first-order valence-corrected chi connectivity index (χ1v) is 6.73. The maximum absolute atomic E-state index is 14.1. The summed E-state index contributed by atoms with van der Waals surface area (Å²) in [6.45, 7) is 1.18. The van der Waals surface area contributed by atoms with Crippen molar-refractivity contribution >= 4 is 39.2 Å². The molecule has 18 heavy (non-hydrogen) atoms. The number of nitrogens with one attached hydrogen (secondary N) is 1. The first-order chi connectivity index (χ1) is 8.53. The van der Waals surface area contributed by atoms with Gasteiger partial charge in [0, 0.05) is 0 Å². The van der Waals surface area contributed by atoms with Gasteiger partial charge < -0.3 is 0 Å². The highest BCUT2D eigenvalue weighted by atomic mass is 32.2. The van der Waals surface area contributed by atoms with E-state index in [0.29, 0.717) is 4.34 Å². The average molecular weight is 286 g/mol. The molecule has 0 aliphatic carbocycles. The first-order valence-electron chi connectivity index (χ1n) is 5.10. The van der Waals surface area contributed by atoms with Crippen LogP contribution in [-0.2, 0) is 9.63 Å². The summed E-state index contributed by atoms with van der Waals surface area (Å²) in [6, 6.07) is 7.51. The van der Waals surface area contributed by atoms with Gasteiger partial charge in [0.05, 0.1) is 17.3 Å². The highest BCUT2D eigenvalue weighted by Gasteiger charge is 2.35. The fraction of sp³-hybridized carbons (Fsp3) is 0.273. The molecule has 0 saturated heterocycles. The van der Waals surface area contributed by atoms with Crippen molar-refractivity contribution in [3.05, 3.63) is 24.3 Å². The Labute approximate surface area is 112 Å². The number of fused-ring (bicyclic) bond motifs is 1. The van der Waals surface area contributed by atoms with E-state index >= 15 is 0 Å². The molecule has 0 fully saturated rings. The largest absolute Gasteiger partial charge is 0.291 e. The lowest BCUT2D eigenvalue weighted by atomic mass is 10.3. The summed E-state index contributed by atoms with van der Waals surface area (Å²) < 4.78 is 15.6. The van der Waals surface area contributed by atoms with E-state index in [0.717, 1.165) is 22.0 Å². The Bertz CT molecular complexity index is 538. The number of carbonyl (C=O) groups is 1. The normalized spacial score (nSPS) is 14.4. The number of hydrogen-bond acceptors (Lipinski definition) is 5. The molecule has 7 heteroatoms. The van der Waals surface area contributed by atoms with Gasteiger partial charge in [0.1, 0.15) is 0 Å². The van der Waals surface area contributed by atoms with Crippen LogP contribution in [0.15, 0.2) is 28.6 Å². The number of thiazole rings is 1. The molecule has 0 radical (unpaired) electrons. The third kappa shape index (κ3) is 2.80. The maximum atomic E-state index is 14.1. The molecular weight excluding hydrogens is 275 g/mol. The zero-order valence-electron chi connectivity index (χ0n) is 9.77. The van der Waals surface area contributed by atoms with Crippen molar-refractivity contribution in [3.63, 3.8) is 0 Å². The van der Waals surface area contributed by atoms with Crippen LogP contribution in [0.25, 0.3) is 10.2 Å². The molecule has 1 heterocycles. The molecule has 4 nitrogen and oxygen atoms in total. The smallest absolute Gasteiger partial charge is 0.277 e. The third-order valence-electron chi connectivity index (χ3n) is 2.15. The van der Waals surface area contributed by atoms with E-state index in [9.17, 15) is 9.18 Å². The molecule has 1 atom stereocenters. The molecular formula is C11H11FN2O2S2. The van der Waals surface area contributed by atoms with E-state index in [1.54, 1.807) is 0 Å². The summed E-state index contributed by atoms with van der Waals surface area (Å²) in [6.07, 6.45) is 0. The summed E-state index contributed by atoms with van der Waals surface area (Å²) in [5.41, 5.74) is 2.78. The quantitative estimate of drug-likeness (QED) is 0.693. The number of hydroxylamine groups is 1. The molecule has 1 N–H and O–H groups in total. The third-order valence-corrected chi connectivity index (χ3v) is 4.32. The Morgan fingerprint density at radius 1 is 1.56 bits per heavy atom. The number of thioether (sulfide) groups is 1. The second kappa shape index (κ2) is 5.21. The van der Waals surface area contributed by atoms with Gasteiger partial charge in [-0.2, -0.15) is 0 Å². The van der Waals surface area contributed by atoms with E-state index in [2.05, 4.69) is 9.82 Å². The van der Waals surface area contributed by atoms with E-state index in [-0.39, 0.29) is 0 Å². The topological polar surface area (TPSA) is 51.2 Å². The van der Waals surface area contributed by atoms with Crippen LogP contribution in [-0.4, -0.2) is 23.0 Å². The standard InChI is InChI=1S/C11H11FN2O2S2/c1-11(12,9(15)14-16-2)18-10-13-7-5-3-4-6-8(7)17-10/h3-6H,1-2H3,(H,14,15). The van der Waals surface area contributed by atoms with Crippen LogP contribution in [0.3, 0.4) is 0 Å². The van der Waals surface area contributed by atoms with Gasteiger partial charge in [-0.25, -0.2) is 14.9 Å². The molecule has 1 amide bonds. The minimum absolute atomic E-state index is 0.507. The lowest BCUT2D eigenvalue weighted by molar-refractivity contribution is -0.137. The Morgan fingerprint density at radius 2 is 2.28 bits per heavy atom. The average Bonchev–Trinajstić information content (AvgIpc) is 2.70. The molecule has 0 saturated carbocycles. The fourth-order valence-electron chi connectivity index (χ4n) is 1.29. The number of carbonyl (C=O) groups excluding carboxylic acids is 1. The van der Waals surface area contributed by atoms with Gasteiger partial charge in [0.25, 0.3) is 5.91 Å². The van der Waals surface area contributed by atoms with Crippen LogP contribution in [0.4, 0.5) is 4.39 Å². The van der Waals surface area contributed by atoms with Crippen LogP contribution >= 0.6 is 23.1 Å². The molecule has 0 bridgehead atoms. The monoisotopic (exact) mass is 286 g/mol. The van der Waals surface area contributed by atoms with Gasteiger partial charge in [-0.3, -0.25) is 9.63 Å². The Hall–Kier alpha value is -1.18. The zero-order chi connectivity index (χ0) is 13.2. The van der Waals surface area contributed by atoms with E-state index in [1.807, 2.05) is 29.7 Å². The van der Waals surface area contributed by atoms with Crippen LogP contribution in [0.5, 0.6) is 0 Å². The number of hydrogen-bond donors (Lipinski definition) is 1. The van der Waals surface area contributed by atoms with E-state index < -0.39 is 10.9 Å². The number of benzene rings is 1. The van der Waals surface area contributed by atoms with Crippen LogP contribution < -0.4 is 5.48 Å². The molecule has 2 rings (SSSR count). The Balaban J connectivity index is 2.20. The number of amides is 1. The molecule has 1 aromatic carbocycles. The minimum Gasteiger partial charge on any atom is -0.277 e. The highest BCUT2D eigenvalue weighted by Crippen LogP contribution is 2.38. The Kier molecular flexibility index (Phi) is 3.84. The molecule has 0 aliphatic heterocycles. The predicted octanol–water partition coefficient (Wildman–Crippen LogP) is 2.75. The van der Waals surface area contributed by atoms with Gasteiger partial charge >= 0.3 is 0 Å². The van der Waals surface area contributed by atoms with Gasteiger partial charge in [0.15, 0.2) is 4.34 Å². The van der Waals surface area contributed by atoms with Gasteiger partial charge in [-0.15, -0.1) is 11.3 Å². The Morgan fingerprint density at radius 3 is 2.94 bits per heavy atom. The van der Waals surface area contributed by atoms with Gasteiger partial charge in [-0.05, 0) is 30.8 Å². The number of halogens is 1. The van der Waals surface area contributed by atoms with Crippen LogP contribution in [0.2, 0.25) is 0 Å². The molecule has 1 aromatic heterocycles.